The van der Waals surface area contributed by atoms with Crippen LogP contribution in [0.15, 0.2) is 0 Å². The van der Waals surface area contributed by atoms with Gasteiger partial charge in [-0.2, -0.15) is 0 Å². The van der Waals surface area contributed by atoms with Crippen LogP contribution in [0.25, 0.3) is 0 Å². The summed E-state index contributed by atoms with van der Waals surface area (Å²) in [5, 5.41) is 3.45. The zero-order valence-corrected chi connectivity index (χ0v) is 11.3. The van der Waals surface area contributed by atoms with E-state index in [0.29, 0.717) is 0 Å². The lowest BCUT2D eigenvalue weighted by Crippen LogP contribution is -2.40. The number of ether oxygens (including phenoxy) is 1. The van der Waals surface area contributed by atoms with Gasteiger partial charge < -0.3 is 10.1 Å². The molecule has 0 bridgehead atoms. The predicted octanol–water partition coefficient (Wildman–Crippen LogP) is 1.41. The molecule has 0 aromatic rings. The van der Waals surface area contributed by atoms with E-state index in [1.807, 2.05) is 0 Å². The Kier molecular flexibility index (Phi) is 13.0. The quantitative estimate of drug-likeness (QED) is 0.755. The van der Waals surface area contributed by atoms with E-state index in [1.165, 1.54) is 0 Å². The van der Waals surface area contributed by atoms with Gasteiger partial charge in [-0.3, -0.25) is 4.90 Å². The lowest BCUT2D eigenvalue weighted by atomic mass is 10.2. The minimum absolute atomic E-state index is 0. The standard InChI is InChI=1S/C10H22N2O.2ClH/c1-10(2)9-11-3-4-12-5-7-13-8-6-12;;/h10-11H,3-9H2,1-2H3;2*1H. The predicted molar refractivity (Wildman–Crippen MR) is 69.5 cm³/mol. The molecule has 0 aromatic heterocycles. The van der Waals surface area contributed by atoms with E-state index in [9.17, 15) is 0 Å². The van der Waals surface area contributed by atoms with E-state index in [1.54, 1.807) is 0 Å². The molecule has 1 N–H and O–H groups in total. The molecule has 1 aliphatic rings. The van der Waals surface area contributed by atoms with Crippen molar-refractivity contribution in [2.75, 3.05) is 45.9 Å². The number of hydrogen-bond donors (Lipinski definition) is 1. The van der Waals surface area contributed by atoms with Crippen LogP contribution in [-0.2, 0) is 4.74 Å². The second-order valence-corrected chi connectivity index (χ2v) is 4.05. The van der Waals surface area contributed by atoms with E-state index >= 15 is 0 Å². The molecule has 3 nitrogen and oxygen atoms in total. The molecule has 0 saturated carbocycles. The van der Waals surface area contributed by atoms with Crippen LogP contribution in [0, 0.1) is 5.92 Å². The molecule has 1 rings (SSSR count). The van der Waals surface area contributed by atoms with Crippen LogP contribution in [0.3, 0.4) is 0 Å². The molecular weight excluding hydrogens is 235 g/mol. The maximum atomic E-state index is 5.28. The molecule has 0 amide bonds. The molecule has 0 atom stereocenters. The molecule has 0 unspecified atom stereocenters. The van der Waals surface area contributed by atoms with Crippen molar-refractivity contribution in [2.24, 2.45) is 5.92 Å². The average Bonchev–Trinajstić information content (AvgIpc) is 2.14. The topological polar surface area (TPSA) is 24.5 Å². The first-order valence-corrected chi connectivity index (χ1v) is 5.30. The SMILES string of the molecule is CC(C)CNCCN1CCOCC1.Cl.Cl. The Morgan fingerprint density at radius 3 is 2.33 bits per heavy atom. The number of nitrogens with one attached hydrogen (secondary N) is 1. The second kappa shape index (κ2) is 11.0. The van der Waals surface area contributed by atoms with Gasteiger partial charge >= 0.3 is 0 Å². The number of hydrogen-bond acceptors (Lipinski definition) is 3. The van der Waals surface area contributed by atoms with Crippen molar-refractivity contribution in [1.82, 2.24) is 10.2 Å². The fourth-order valence-electron chi connectivity index (χ4n) is 1.45. The molecule has 15 heavy (non-hydrogen) atoms. The molecular formula is C10H24Cl2N2O. The van der Waals surface area contributed by atoms with E-state index < -0.39 is 0 Å². The normalized spacial score (nSPS) is 17.0. The van der Waals surface area contributed by atoms with Crippen LogP contribution in [0.4, 0.5) is 0 Å². The molecule has 5 heteroatoms. The summed E-state index contributed by atoms with van der Waals surface area (Å²) in [6, 6.07) is 0. The molecule has 1 fully saturated rings. The van der Waals surface area contributed by atoms with Crippen molar-refractivity contribution in [2.45, 2.75) is 13.8 Å². The van der Waals surface area contributed by atoms with Crippen LogP contribution < -0.4 is 5.32 Å². The molecule has 0 radical (unpaired) electrons. The van der Waals surface area contributed by atoms with Crippen molar-refractivity contribution in [3.63, 3.8) is 0 Å². The summed E-state index contributed by atoms with van der Waals surface area (Å²) in [4.78, 5) is 2.46. The fraction of sp³-hybridized carbons (Fsp3) is 1.00. The third-order valence-corrected chi connectivity index (χ3v) is 2.26. The van der Waals surface area contributed by atoms with Gasteiger partial charge in [-0.25, -0.2) is 0 Å². The zero-order valence-electron chi connectivity index (χ0n) is 9.70. The molecule has 1 aliphatic heterocycles. The van der Waals surface area contributed by atoms with Crippen LogP contribution in [0.5, 0.6) is 0 Å². The van der Waals surface area contributed by atoms with E-state index in [-0.39, 0.29) is 24.8 Å². The molecule has 1 heterocycles. The van der Waals surface area contributed by atoms with Crippen molar-refractivity contribution in [3.8, 4) is 0 Å². The second-order valence-electron chi connectivity index (χ2n) is 4.05. The highest BCUT2D eigenvalue weighted by Gasteiger charge is 2.08. The Morgan fingerprint density at radius 1 is 1.20 bits per heavy atom. The Bertz CT molecular complexity index is 131. The Hall–Kier alpha value is 0.460. The highest BCUT2D eigenvalue weighted by molar-refractivity contribution is 5.85. The first kappa shape index (κ1) is 17.8. The number of rotatable bonds is 5. The Morgan fingerprint density at radius 2 is 1.80 bits per heavy atom. The summed E-state index contributed by atoms with van der Waals surface area (Å²) >= 11 is 0. The first-order chi connectivity index (χ1) is 6.29. The third-order valence-electron chi connectivity index (χ3n) is 2.26. The van der Waals surface area contributed by atoms with Crippen LogP contribution in [0.2, 0.25) is 0 Å². The number of morpholine rings is 1. The summed E-state index contributed by atoms with van der Waals surface area (Å²) < 4.78 is 5.28. The molecule has 1 saturated heterocycles. The Balaban J connectivity index is 0. The van der Waals surface area contributed by atoms with Crippen molar-refractivity contribution < 1.29 is 4.74 Å². The van der Waals surface area contributed by atoms with Gasteiger partial charge in [0.1, 0.15) is 0 Å². The first-order valence-electron chi connectivity index (χ1n) is 5.30. The molecule has 0 spiro atoms. The van der Waals surface area contributed by atoms with Crippen LogP contribution in [-0.4, -0.2) is 50.8 Å². The van der Waals surface area contributed by atoms with E-state index in [0.717, 1.165) is 51.9 Å². The maximum absolute atomic E-state index is 5.28. The lowest BCUT2D eigenvalue weighted by molar-refractivity contribution is 0.0384. The summed E-state index contributed by atoms with van der Waals surface area (Å²) in [5.41, 5.74) is 0. The van der Waals surface area contributed by atoms with Gasteiger partial charge in [0, 0.05) is 26.2 Å². The lowest BCUT2D eigenvalue weighted by Gasteiger charge is -2.26. The largest absolute Gasteiger partial charge is 0.379 e. The minimum Gasteiger partial charge on any atom is -0.379 e. The highest BCUT2D eigenvalue weighted by atomic mass is 35.5. The third kappa shape index (κ3) is 9.39. The Labute approximate surface area is 106 Å². The van der Waals surface area contributed by atoms with Crippen molar-refractivity contribution >= 4 is 24.8 Å². The van der Waals surface area contributed by atoms with Gasteiger partial charge in [0.05, 0.1) is 13.2 Å². The summed E-state index contributed by atoms with van der Waals surface area (Å²) in [5.74, 6) is 0.754. The monoisotopic (exact) mass is 258 g/mol. The molecule has 94 valence electrons. The number of halogens is 2. The van der Waals surface area contributed by atoms with Crippen molar-refractivity contribution in [1.29, 1.82) is 0 Å². The average molecular weight is 259 g/mol. The van der Waals surface area contributed by atoms with Crippen LogP contribution in [0.1, 0.15) is 13.8 Å². The summed E-state index contributed by atoms with van der Waals surface area (Å²) in [6.45, 7) is 11.9. The van der Waals surface area contributed by atoms with E-state index in [4.69, 9.17) is 4.74 Å². The number of nitrogens with zero attached hydrogens (tertiary/aromatic N) is 1. The molecule has 0 aromatic carbocycles. The maximum Gasteiger partial charge on any atom is 0.0594 e. The van der Waals surface area contributed by atoms with Gasteiger partial charge in [-0.05, 0) is 12.5 Å². The molecule has 0 aliphatic carbocycles. The van der Waals surface area contributed by atoms with Gasteiger partial charge in [-0.1, -0.05) is 13.8 Å². The smallest absolute Gasteiger partial charge is 0.0594 e. The summed E-state index contributed by atoms with van der Waals surface area (Å²) in [7, 11) is 0. The van der Waals surface area contributed by atoms with Crippen LogP contribution >= 0.6 is 24.8 Å². The van der Waals surface area contributed by atoms with Gasteiger partial charge in [0.2, 0.25) is 0 Å². The van der Waals surface area contributed by atoms with Gasteiger partial charge in [0.25, 0.3) is 0 Å². The minimum atomic E-state index is 0. The van der Waals surface area contributed by atoms with E-state index in [2.05, 4.69) is 24.1 Å². The van der Waals surface area contributed by atoms with Gasteiger partial charge in [0.15, 0.2) is 0 Å². The highest BCUT2D eigenvalue weighted by Crippen LogP contribution is 1.95. The van der Waals surface area contributed by atoms with Gasteiger partial charge in [-0.15, -0.1) is 24.8 Å². The zero-order chi connectivity index (χ0) is 9.52. The summed E-state index contributed by atoms with van der Waals surface area (Å²) in [6.07, 6.45) is 0. The van der Waals surface area contributed by atoms with Crippen molar-refractivity contribution in [3.05, 3.63) is 0 Å². The fourth-order valence-corrected chi connectivity index (χ4v) is 1.45.